The average Bonchev–Trinajstić information content (AvgIpc) is 3.78. The zero-order valence-corrected chi connectivity index (χ0v) is 47.2. The topological polar surface area (TPSA) is 139 Å². The lowest BCUT2D eigenvalue weighted by atomic mass is 9.80. The number of ether oxygens (including phenoxy) is 2. The predicted octanol–water partition coefficient (Wildman–Crippen LogP) is 12.5. The van der Waals surface area contributed by atoms with Crippen molar-refractivity contribution >= 4 is 45.9 Å². The first-order valence-electron chi connectivity index (χ1n) is 27.6. The van der Waals surface area contributed by atoms with E-state index < -0.39 is 17.2 Å². The van der Waals surface area contributed by atoms with Gasteiger partial charge in [-0.3, -0.25) is 9.59 Å². The van der Waals surface area contributed by atoms with Gasteiger partial charge < -0.3 is 43.7 Å². The van der Waals surface area contributed by atoms with Crippen LogP contribution in [0.4, 0.5) is 9.59 Å². The van der Waals surface area contributed by atoms with Crippen molar-refractivity contribution in [3.8, 4) is 0 Å². The minimum absolute atomic E-state index is 0.0824. The zero-order valence-electron chi connectivity index (χ0n) is 47.2. The van der Waals surface area contributed by atoms with Crippen LogP contribution in [-0.4, -0.2) is 104 Å². The van der Waals surface area contributed by atoms with Gasteiger partial charge in [0.25, 0.3) is 0 Å². The molecule has 2 aromatic heterocycles. The number of hydrogen-bond donors (Lipinski definition) is 2. The number of para-hydroxylation sites is 2. The van der Waals surface area contributed by atoms with Gasteiger partial charge >= 0.3 is 18.2 Å². The summed E-state index contributed by atoms with van der Waals surface area (Å²) in [6.45, 7) is 23.6. The van der Waals surface area contributed by atoms with Crippen molar-refractivity contribution in [1.82, 2.24) is 29.2 Å². The number of fused-ring (bicyclic) bond motifs is 6. The fraction of sp³-hybridized carbons (Fsp3) is 0.667. The summed E-state index contributed by atoms with van der Waals surface area (Å²) in [5, 5.41) is 15.4. The number of amides is 3. The molecule has 2 atom stereocenters. The van der Waals surface area contributed by atoms with E-state index in [0.29, 0.717) is 55.6 Å². The highest BCUT2D eigenvalue weighted by Crippen LogP contribution is 2.42. The Balaban J connectivity index is 0.000000197. The third-order valence-corrected chi connectivity index (χ3v) is 15.5. The maximum Gasteiger partial charge on any atom is 0.410 e. The van der Waals surface area contributed by atoms with E-state index in [1.54, 1.807) is 22.4 Å². The molecule has 0 spiro atoms. The Kier molecular flexibility index (Phi) is 19.2. The second-order valence-corrected chi connectivity index (χ2v) is 24.7. The molecule has 404 valence electrons. The number of nitrogens with zero attached hydrogens (tertiary/aromatic N) is 5. The van der Waals surface area contributed by atoms with Gasteiger partial charge in [-0.05, 0) is 172 Å². The first-order chi connectivity index (χ1) is 34.3. The van der Waals surface area contributed by atoms with Crippen LogP contribution in [0.15, 0.2) is 48.5 Å². The van der Waals surface area contributed by atoms with Crippen LogP contribution in [0.25, 0.3) is 21.8 Å². The van der Waals surface area contributed by atoms with E-state index in [1.165, 1.54) is 45.2 Å². The van der Waals surface area contributed by atoms with Crippen molar-refractivity contribution in [1.29, 1.82) is 0 Å². The number of nitrogens with one attached hydrogen (secondary N) is 1. The van der Waals surface area contributed by atoms with Crippen molar-refractivity contribution in [2.75, 3.05) is 40.3 Å². The van der Waals surface area contributed by atoms with E-state index in [4.69, 9.17) is 14.6 Å². The van der Waals surface area contributed by atoms with Gasteiger partial charge in [-0.1, -0.05) is 64.1 Å². The zero-order chi connectivity index (χ0) is 53.5. The summed E-state index contributed by atoms with van der Waals surface area (Å²) in [5.41, 5.74) is 7.51. The number of hydrogen-bond acceptors (Lipinski definition) is 7. The molecule has 4 aliphatic rings. The van der Waals surface area contributed by atoms with Gasteiger partial charge in [-0.2, -0.15) is 0 Å². The molecule has 2 N–H and O–H groups in total. The number of carboxylic acid groups (broad SMARTS) is 1. The number of aryl methyl sites for hydroxylation is 2. The number of aromatic nitrogens is 2. The molecule has 2 saturated carbocycles. The largest absolute Gasteiger partial charge is 0.481 e. The van der Waals surface area contributed by atoms with Crippen LogP contribution in [0.2, 0.25) is 0 Å². The van der Waals surface area contributed by atoms with Crippen LogP contribution in [-0.2, 0) is 46.0 Å². The summed E-state index contributed by atoms with van der Waals surface area (Å²) in [5.74, 6) is 1.55. The second kappa shape index (κ2) is 24.5. The summed E-state index contributed by atoms with van der Waals surface area (Å²) in [7, 11) is 7.92. The number of carbonyl (C=O) groups excluding carboxylic acids is 3. The standard InChI is InChI=1S/C30H45N3O3.C16H22N2.C14H25NO4/c1-20(2)18-26-27-24(23-10-8-9-11-25(23)32(27)7)16-17-33(26)28(34)22-14-12-21(13-15-22)19-31(6)29(35)36-30(3,4)5;1-11(2)10-14-16-13(8-9-17-14)12-6-4-5-7-15(12)18(16)3;1-14(2,3)19-13(18)15(4)9-10-5-7-11(8-6-10)12(16)17/h8-11,20-22,26H,12-19H2,1-7H3;4-7,11,14,17H,8-10H2,1-3H3;10-11H,5-9H2,1-4H3,(H,16,17). The SMILES string of the molecule is CC(C)CC1NCCc2c1n(C)c1ccccc21.CC(C)CC1c2c(c3ccccc3n2C)CCN1C(=O)C1CCC(CN(C)C(=O)OC(C)(C)C)CC1.CN(CC1CCC(C(=O)O)CC1)C(=O)OC(C)(C)C. The van der Waals surface area contributed by atoms with Crippen LogP contribution in [0.1, 0.15) is 168 Å². The van der Waals surface area contributed by atoms with Crippen molar-refractivity contribution in [2.45, 2.75) is 170 Å². The van der Waals surface area contributed by atoms with Crippen LogP contribution in [0, 0.1) is 35.5 Å². The van der Waals surface area contributed by atoms with Gasteiger partial charge in [0, 0.05) is 93.0 Å². The molecule has 13 nitrogen and oxygen atoms in total. The molecule has 2 unspecified atom stereocenters. The van der Waals surface area contributed by atoms with E-state index in [9.17, 15) is 19.2 Å². The Labute approximate surface area is 437 Å². The molecule has 0 saturated heterocycles. The molecule has 2 aromatic carbocycles. The van der Waals surface area contributed by atoms with Gasteiger partial charge in [0.05, 0.1) is 12.0 Å². The maximum atomic E-state index is 13.9. The smallest absolute Gasteiger partial charge is 0.410 e. The number of benzene rings is 2. The third kappa shape index (κ3) is 14.8. The van der Waals surface area contributed by atoms with Gasteiger partial charge in [0.1, 0.15) is 11.2 Å². The van der Waals surface area contributed by atoms with Crippen molar-refractivity contribution < 1.29 is 33.8 Å². The Morgan fingerprint density at radius 2 is 1.08 bits per heavy atom. The van der Waals surface area contributed by atoms with Gasteiger partial charge in [-0.25, -0.2) is 9.59 Å². The summed E-state index contributed by atoms with van der Waals surface area (Å²) < 4.78 is 15.5. The highest BCUT2D eigenvalue weighted by molar-refractivity contribution is 5.88. The minimum atomic E-state index is -0.695. The predicted molar refractivity (Wildman–Crippen MR) is 294 cm³/mol. The van der Waals surface area contributed by atoms with Gasteiger partial charge in [0.2, 0.25) is 5.91 Å². The lowest BCUT2D eigenvalue weighted by Gasteiger charge is -2.41. The van der Waals surface area contributed by atoms with Crippen LogP contribution < -0.4 is 5.32 Å². The summed E-state index contributed by atoms with van der Waals surface area (Å²) in [6, 6.07) is 18.1. The molecule has 2 aliphatic heterocycles. The molecule has 4 aromatic rings. The Morgan fingerprint density at radius 1 is 0.644 bits per heavy atom. The fourth-order valence-corrected chi connectivity index (χ4v) is 12.0. The Hall–Kier alpha value is -5.04. The van der Waals surface area contributed by atoms with Crippen LogP contribution >= 0.6 is 0 Å². The van der Waals surface area contributed by atoms with Crippen molar-refractivity contribution in [3.63, 3.8) is 0 Å². The maximum absolute atomic E-state index is 13.9. The number of aliphatic carboxylic acids is 1. The first-order valence-corrected chi connectivity index (χ1v) is 27.6. The van der Waals surface area contributed by atoms with E-state index in [0.717, 1.165) is 76.8 Å². The Morgan fingerprint density at radius 3 is 1.53 bits per heavy atom. The van der Waals surface area contributed by atoms with Crippen LogP contribution in [0.3, 0.4) is 0 Å². The molecule has 0 radical (unpaired) electrons. The highest BCUT2D eigenvalue weighted by atomic mass is 16.6. The van der Waals surface area contributed by atoms with Gasteiger partial charge in [0.15, 0.2) is 0 Å². The second-order valence-electron chi connectivity index (χ2n) is 24.7. The molecule has 2 fully saturated rings. The number of rotatable bonds is 10. The molecule has 3 amide bonds. The van der Waals surface area contributed by atoms with Gasteiger partial charge in [-0.15, -0.1) is 0 Å². The molecular formula is C60H92N6O7. The summed E-state index contributed by atoms with van der Waals surface area (Å²) in [4.78, 5) is 54.5. The molecule has 4 heterocycles. The average molecular weight is 1010 g/mol. The Bertz CT molecular complexity index is 2490. The first kappa shape index (κ1) is 57.2. The molecule has 73 heavy (non-hydrogen) atoms. The van der Waals surface area contributed by atoms with E-state index in [2.05, 4.69) is 110 Å². The minimum Gasteiger partial charge on any atom is -0.481 e. The van der Waals surface area contributed by atoms with Crippen molar-refractivity contribution in [3.05, 3.63) is 71.0 Å². The monoisotopic (exact) mass is 1010 g/mol. The molecular weight excluding hydrogens is 917 g/mol. The molecule has 13 heteroatoms. The molecule has 2 aliphatic carbocycles. The molecule has 8 rings (SSSR count). The highest BCUT2D eigenvalue weighted by Gasteiger charge is 2.39. The van der Waals surface area contributed by atoms with E-state index in [-0.39, 0.29) is 30.1 Å². The number of carbonyl (C=O) groups is 4. The lowest BCUT2D eigenvalue weighted by Crippen LogP contribution is -2.45. The lowest BCUT2D eigenvalue weighted by molar-refractivity contribution is -0.143. The third-order valence-electron chi connectivity index (χ3n) is 15.5. The van der Waals surface area contributed by atoms with Crippen LogP contribution in [0.5, 0.6) is 0 Å². The van der Waals surface area contributed by atoms with E-state index >= 15 is 0 Å². The molecule has 0 bridgehead atoms. The fourth-order valence-electron chi connectivity index (χ4n) is 12.0. The summed E-state index contributed by atoms with van der Waals surface area (Å²) in [6.07, 6.45) is 10.6. The number of carboxylic acids is 1. The quantitative estimate of drug-likeness (QED) is 0.160. The normalized spacial score (nSPS) is 22.1. The summed E-state index contributed by atoms with van der Waals surface area (Å²) >= 11 is 0. The van der Waals surface area contributed by atoms with E-state index in [1.807, 2.05) is 48.6 Å². The van der Waals surface area contributed by atoms with Crippen molar-refractivity contribution in [2.24, 2.45) is 49.6 Å².